The SMILES string of the molecule is CCCONN(CC)CC. The third kappa shape index (κ3) is 4.73. The summed E-state index contributed by atoms with van der Waals surface area (Å²) >= 11 is 0. The molecule has 1 N–H and O–H groups in total. The van der Waals surface area contributed by atoms with Gasteiger partial charge in [-0.1, -0.05) is 20.8 Å². The highest BCUT2D eigenvalue weighted by Gasteiger charge is 1.94. The number of hydrazine groups is 1. The van der Waals surface area contributed by atoms with Gasteiger partial charge in [0.2, 0.25) is 0 Å². The average molecular weight is 146 g/mol. The molecule has 3 heteroatoms. The Hall–Kier alpha value is -0.120. The Kier molecular flexibility index (Phi) is 6.91. The van der Waals surface area contributed by atoms with Gasteiger partial charge in [-0.3, -0.25) is 4.84 Å². The highest BCUT2D eigenvalue weighted by molar-refractivity contribution is 4.35. The monoisotopic (exact) mass is 146 g/mol. The van der Waals surface area contributed by atoms with Crippen LogP contribution in [0.2, 0.25) is 0 Å². The summed E-state index contributed by atoms with van der Waals surface area (Å²) in [7, 11) is 0. The fraction of sp³-hybridized carbons (Fsp3) is 1.00. The molecule has 62 valence electrons. The first kappa shape index (κ1) is 9.88. The summed E-state index contributed by atoms with van der Waals surface area (Å²) in [6, 6.07) is 0. The van der Waals surface area contributed by atoms with E-state index in [1.165, 1.54) is 0 Å². The van der Waals surface area contributed by atoms with Gasteiger partial charge in [-0.15, -0.1) is 5.59 Å². The molecule has 0 heterocycles. The number of hydrogen-bond donors (Lipinski definition) is 1. The zero-order valence-corrected chi connectivity index (χ0v) is 7.18. The van der Waals surface area contributed by atoms with Crippen molar-refractivity contribution in [2.24, 2.45) is 0 Å². The lowest BCUT2D eigenvalue weighted by molar-refractivity contribution is -0.0788. The molecule has 0 atom stereocenters. The molecule has 0 aromatic heterocycles. The van der Waals surface area contributed by atoms with E-state index in [1.807, 2.05) is 5.01 Å². The molecule has 0 fully saturated rings. The normalized spacial score (nSPS) is 10.8. The van der Waals surface area contributed by atoms with Gasteiger partial charge in [-0.05, 0) is 6.42 Å². The molecule has 0 aromatic rings. The van der Waals surface area contributed by atoms with E-state index in [-0.39, 0.29) is 0 Å². The standard InChI is InChI=1S/C7H18N2O/c1-4-7-10-8-9(5-2)6-3/h8H,4-7H2,1-3H3. The molecular weight excluding hydrogens is 128 g/mol. The van der Waals surface area contributed by atoms with Gasteiger partial charge in [0.15, 0.2) is 0 Å². The van der Waals surface area contributed by atoms with Crippen LogP contribution in [0.25, 0.3) is 0 Å². The summed E-state index contributed by atoms with van der Waals surface area (Å²) in [5.41, 5.74) is 2.85. The van der Waals surface area contributed by atoms with Gasteiger partial charge >= 0.3 is 0 Å². The van der Waals surface area contributed by atoms with Gasteiger partial charge in [0.25, 0.3) is 0 Å². The Morgan fingerprint density at radius 1 is 1.20 bits per heavy atom. The quantitative estimate of drug-likeness (QED) is 0.450. The zero-order valence-electron chi connectivity index (χ0n) is 7.18. The summed E-state index contributed by atoms with van der Waals surface area (Å²) in [6.07, 6.45) is 1.05. The second kappa shape index (κ2) is 6.99. The smallest absolute Gasteiger partial charge is 0.0696 e. The van der Waals surface area contributed by atoms with Gasteiger partial charge in [0, 0.05) is 13.1 Å². The minimum absolute atomic E-state index is 0.774. The molecule has 0 saturated heterocycles. The van der Waals surface area contributed by atoms with E-state index < -0.39 is 0 Å². The van der Waals surface area contributed by atoms with E-state index in [4.69, 9.17) is 4.84 Å². The van der Waals surface area contributed by atoms with Gasteiger partial charge in [-0.25, -0.2) is 5.01 Å². The van der Waals surface area contributed by atoms with Crippen LogP contribution in [0, 0.1) is 0 Å². The van der Waals surface area contributed by atoms with Crippen molar-refractivity contribution in [1.82, 2.24) is 10.6 Å². The van der Waals surface area contributed by atoms with Crippen LogP contribution in [0.4, 0.5) is 0 Å². The van der Waals surface area contributed by atoms with Crippen LogP contribution >= 0.6 is 0 Å². The highest BCUT2D eigenvalue weighted by Crippen LogP contribution is 1.81. The topological polar surface area (TPSA) is 24.5 Å². The van der Waals surface area contributed by atoms with E-state index in [9.17, 15) is 0 Å². The molecule has 0 amide bonds. The maximum Gasteiger partial charge on any atom is 0.0696 e. The van der Waals surface area contributed by atoms with Crippen molar-refractivity contribution in [3.8, 4) is 0 Å². The first-order chi connectivity index (χ1) is 4.85. The van der Waals surface area contributed by atoms with E-state index in [0.717, 1.165) is 26.1 Å². The van der Waals surface area contributed by atoms with Gasteiger partial charge in [-0.2, -0.15) is 0 Å². The number of nitrogens with zero attached hydrogens (tertiary/aromatic N) is 1. The molecule has 0 saturated carbocycles. The van der Waals surface area contributed by atoms with Crippen molar-refractivity contribution in [2.45, 2.75) is 27.2 Å². The molecule has 3 nitrogen and oxygen atoms in total. The van der Waals surface area contributed by atoms with E-state index in [1.54, 1.807) is 0 Å². The Labute approximate surface area is 63.3 Å². The molecule has 0 spiro atoms. The molecule has 0 unspecified atom stereocenters. The van der Waals surface area contributed by atoms with Crippen LogP contribution in [0.5, 0.6) is 0 Å². The predicted octanol–water partition coefficient (Wildman–Crippen LogP) is 1.17. The van der Waals surface area contributed by atoms with Gasteiger partial charge in [0.1, 0.15) is 0 Å². The molecule has 10 heavy (non-hydrogen) atoms. The van der Waals surface area contributed by atoms with E-state index in [2.05, 4.69) is 26.4 Å². The Balaban J connectivity index is 3.09. The van der Waals surface area contributed by atoms with Crippen LogP contribution < -0.4 is 5.59 Å². The molecule has 0 aliphatic carbocycles. The maximum absolute atomic E-state index is 5.10. The Morgan fingerprint density at radius 2 is 1.80 bits per heavy atom. The molecule has 0 aliphatic rings. The predicted molar refractivity (Wildman–Crippen MR) is 42.3 cm³/mol. The van der Waals surface area contributed by atoms with Crippen molar-refractivity contribution < 1.29 is 4.84 Å². The molecule has 0 rings (SSSR count). The van der Waals surface area contributed by atoms with Crippen molar-refractivity contribution in [1.29, 1.82) is 0 Å². The van der Waals surface area contributed by atoms with Crippen molar-refractivity contribution in [2.75, 3.05) is 19.7 Å². The molecule has 0 aliphatic heterocycles. The van der Waals surface area contributed by atoms with Gasteiger partial charge in [0.05, 0.1) is 6.61 Å². The lowest BCUT2D eigenvalue weighted by Crippen LogP contribution is -2.37. The van der Waals surface area contributed by atoms with Gasteiger partial charge < -0.3 is 0 Å². The maximum atomic E-state index is 5.10. The summed E-state index contributed by atoms with van der Waals surface area (Å²) < 4.78 is 0. The van der Waals surface area contributed by atoms with Crippen LogP contribution in [0.15, 0.2) is 0 Å². The molecule has 0 bridgehead atoms. The fourth-order valence-electron chi connectivity index (χ4n) is 0.592. The summed E-state index contributed by atoms with van der Waals surface area (Å²) in [6.45, 7) is 8.98. The number of hydrogen-bond acceptors (Lipinski definition) is 3. The summed E-state index contributed by atoms with van der Waals surface area (Å²) in [4.78, 5) is 5.10. The lowest BCUT2D eigenvalue weighted by atomic mass is 10.5. The summed E-state index contributed by atoms with van der Waals surface area (Å²) in [5, 5.41) is 2.01. The largest absolute Gasteiger partial charge is 0.287 e. The fourth-order valence-corrected chi connectivity index (χ4v) is 0.592. The van der Waals surface area contributed by atoms with Crippen molar-refractivity contribution in [3.63, 3.8) is 0 Å². The first-order valence-corrected chi connectivity index (χ1v) is 3.97. The lowest BCUT2D eigenvalue weighted by Gasteiger charge is -2.18. The van der Waals surface area contributed by atoms with Crippen LogP contribution in [-0.4, -0.2) is 24.7 Å². The summed E-state index contributed by atoms with van der Waals surface area (Å²) in [5.74, 6) is 0. The second-order valence-corrected chi connectivity index (χ2v) is 2.11. The average Bonchev–Trinajstić information content (AvgIpc) is 1.99. The van der Waals surface area contributed by atoms with E-state index >= 15 is 0 Å². The molecule has 0 radical (unpaired) electrons. The van der Waals surface area contributed by atoms with Crippen LogP contribution in [-0.2, 0) is 4.84 Å². The Bertz CT molecular complexity index is 64.6. The van der Waals surface area contributed by atoms with Crippen LogP contribution in [0.1, 0.15) is 27.2 Å². The second-order valence-electron chi connectivity index (χ2n) is 2.11. The minimum Gasteiger partial charge on any atom is -0.287 e. The molecular formula is C7H18N2O. The number of nitrogens with one attached hydrogen (secondary N) is 1. The third-order valence-corrected chi connectivity index (χ3v) is 1.26. The first-order valence-electron chi connectivity index (χ1n) is 3.97. The Morgan fingerprint density at radius 3 is 2.20 bits per heavy atom. The molecule has 0 aromatic carbocycles. The minimum atomic E-state index is 0.774. The van der Waals surface area contributed by atoms with E-state index in [0.29, 0.717) is 0 Å². The van der Waals surface area contributed by atoms with Crippen molar-refractivity contribution in [3.05, 3.63) is 0 Å². The van der Waals surface area contributed by atoms with Crippen LogP contribution in [0.3, 0.4) is 0 Å². The highest BCUT2D eigenvalue weighted by atomic mass is 16.7. The zero-order chi connectivity index (χ0) is 7.82. The van der Waals surface area contributed by atoms with Crippen molar-refractivity contribution >= 4 is 0 Å². The third-order valence-electron chi connectivity index (χ3n) is 1.26. The number of rotatable bonds is 6.